The third-order valence-electron chi connectivity index (χ3n) is 3.97. The van der Waals surface area contributed by atoms with Gasteiger partial charge in [-0.2, -0.15) is 4.31 Å². The molecule has 1 unspecified atom stereocenters. The number of anilines is 1. The van der Waals surface area contributed by atoms with E-state index in [-0.39, 0.29) is 10.9 Å². The average Bonchev–Trinajstić information content (AvgIpc) is 2.47. The fourth-order valence-corrected chi connectivity index (χ4v) is 4.22. The third kappa shape index (κ3) is 3.14. The Balaban J connectivity index is 2.24. The van der Waals surface area contributed by atoms with Crippen molar-refractivity contribution < 1.29 is 13.2 Å². The van der Waals surface area contributed by atoms with Crippen LogP contribution in [0.3, 0.4) is 0 Å². The van der Waals surface area contributed by atoms with E-state index in [0.717, 1.165) is 13.1 Å². The minimum Gasteiger partial charge on any atom is -0.495 e. The second kappa shape index (κ2) is 6.21. The molecule has 1 saturated heterocycles. The molecule has 2 N–H and O–H groups in total. The first-order valence-corrected chi connectivity index (χ1v) is 8.51. The molecule has 1 fully saturated rings. The standard InChI is InChI=1S/C14H23N3O3S/c1-4-16-7-8-17(10-11(16)2)21(18,19)12-5-6-14(20-3)13(15)9-12/h5-6,9,11H,4,7-8,10,15H2,1-3H3. The number of sulfonamides is 1. The number of nitrogens with two attached hydrogens (primary N) is 1. The molecule has 1 heterocycles. The summed E-state index contributed by atoms with van der Waals surface area (Å²) >= 11 is 0. The normalized spacial score (nSPS) is 21.4. The maximum absolute atomic E-state index is 12.7. The van der Waals surface area contributed by atoms with Gasteiger partial charge < -0.3 is 10.5 Å². The van der Waals surface area contributed by atoms with Gasteiger partial charge in [0.25, 0.3) is 0 Å². The number of likely N-dealkylation sites (N-methyl/N-ethyl adjacent to an activating group) is 1. The minimum atomic E-state index is -3.50. The summed E-state index contributed by atoms with van der Waals surface area (Å²) in [7, 11) is -2.00. The van der Waals surface area contributed by atoms with Crippen LogP contribution in [-0.4, -0.2) is 57.0 Å². The summed E-state index contributed by atoms with van der Waals surface area (Å²) in [6.45, 7) is 6.83. The Labute approximate surface area is 126 Å². The van der Waals surface area contributed by atoms with Gasteiger partial charge in [0.2, 0.25) is 10.0 Å². The lowest BCUT2D eigenvalue weighted by Gasteiger charge is -2.38. The smallest absolute Gasteiger partial charge is 0.243 e. The fourth-order valence-electron chi connectivity index (χ4n) is 2.67. The molecule has 7 heteroatoms. The lowest BCUT2D eigenvalue weighted by molar-refractivity contribution is 0.135. The molecular weight excluding hydrogens is 290 g/mol. The molecule has 0 bridgehead atoms. The van der Waals surface area contributed by atoms with Crippen LogP contribution in [0.5, 0.6) is 5.75 Å². The molecule has 0 amide bonds. The Morgan fingerprint density at radius 1 is 1.38 bits per heavy atom. The summed E-state index contributed by atoms with van der Waals surface area (Å²) in [4.78, 5) is 2.49. The SMILES string of the molecule is CCN1CCN(S(=O)(=O)c2ccc(OC)c(N)c2)CC1C. The summed E-state index contributed by atoms with van der Waals surface area (Å²) in [5.74, 6) is 0.484. The molecular formula is C14H23N3O3S. The Morgan fingerprint density at radius 3 is 2.62 bits per heavy atom. The predicted molar refractivity (Wildman–Crippen MR) is 82.9 cm³/mol. The van der Waals surface area contributed by atoms with Gasteiger partial charge in [0.15, 0.2) is 0 Å². The molecule has 118 valence electrons. The highest BCUT2D eigenvalue weighted by Crippen LogP contribution is 2.27. The van der Waals surface area contributed by atoms with Crippen LogP contribution in [0.25, 0.3) is 0 Å². The molecule has 1 aliphatic heterocycles. The van der Waals surface area contributed by atoms with Gasteiger partial charge in [-0.1, -0.05) is 6.92 Å². The highest BCUT2D eigenvalue weighted by molar-refractivity contribution is 7.89. The van der Waals surface area contributed by atoms with Gasteiger partial charge >= 0.3 is 0 Å². The van der Waals surface area contributed by atoms with E-state index in [1.165, 1.54) is 17.5 Å². The average molecular weight is 313 g/mol. The van der Waals surface area contributed by atoms with Crippen LogP contribution in [0.1, 0.15) is 13.8 Å². The zero-order chi connectivity index (χ0) is 15.6. The molecule has 2 rings (SSSR count). The topological polar surface area (TPSA) is 75.9 Å². The van der Waals surface area contributed by atoms with Crippen LogP contribution in [0.4, 0.5) is 5.69 Å². The van der Waals surface area contributed by atoms with E-state index < -0.39 is 10.0 Å². The van der Waals surface area contributed by atoms with Crippen molar-refractivity contribution in [2.45, 2.75) is 24.8 Å². The van der Waals surface area contributed by atoms with Crippen molar-refractivity contribution in [2.24, 2.45) is 0 Å². The van der Waals surface area contributed by atoms with Crippen LogP contribution < -0.4 is 10.5 Å². The van der Waals surface area contributed by atoms with Crippen molar-refractivity contribution in [1.82, 2.24) is 9.21 Å². The highest BCUT2D eigenvalue weighted by atomic mass is 32.2. The molecule has 21 heavy (non-hydrogen) atoms. The van der Waals surface area contributed by atoms with E-state index in [1.54, 1.807) is 12.1 Å². The molecule has 0 spiro atoms. The first-order chi connectivity index (χ1) is 9.90. The monoisotopic (exact) mass is 313 g/mol. The van der Waals surface area contributed by atoms with E-state index in [0.29, 0.717) is 24.5 Å². The van der Waals surface area contributed by atoms with Gasteiger partial charge in [0.1, 0.15) is 5.75 Å². The maximum Gasteiger partial charge on any atom is 0.243 e. The van der Waals surface area contributed by atoms with Gasteiger partial charge in [0.05, 0.1) is 17.7 Å². The van der Waals surface area contributed by atoms with Crippen LogP contribution >= 0.6 is 0 Å². The molecule has 1 aliphatic rings. The van der Waals surface area contributed by atoms with Gasteiger partial charge in [-0.25, -0.2) is 8.42 Å². The lowest BCUT2D eigenvalue weighted by Crippen LogP contribution is -2.53. The number of hydrogen-bond donors (Lipinski definition) is 1. The summed E-state index contributed by atoms with van der Waals surface area (Å²) in [6, 6.07) is 4.81. The summed E-state index contributed by atoms with van der Waals surface area (Å²) in [5, 5.41) is 0. The summed E-state index contributed by atoms with van der Waals surface area (Å²) in [5.41, 5.74) is 6.15. The first kappa shape index (κ1) is 16.1. The van der Waals surface area contributed by atoms with Crippen LogP contribution in [-0.2, 0) is 10.0 Å². The lowest BCUT2D eigenvalue weighted by atomic mass is 10.2. The molecule has 6 nitrogen and oxygen atoms in total. The molecule has 0 radical (unpaired) electrons. The van der Waals surface area contributed by atoms with Gasteiger partial charge in [0, 0.05) is 25.7 Å². The fraction of sp³-hybridized carbons (Fsp3) is 0.571. The van der Waals surface area contributed by atoms with E-state index in [9.17, 15) is 8.42 Å². The number of nitrogens with zero attached hydrogens (tertiary/aromatic N) is 2. The number of rotatable bonds is 4. The quantitative estimate of drug-likeness (QED) is 0.839. The third-order valence-corrected chi connectivity index (χ3v) is 5.83. The maximum atomic E-state index is 12.7. The van der Waals surface area contributed by atoms with Crippen molar-refractivity contribution in [3.8, 4) is 5.75 Å². The second-order valence-electron chi connectivity index (χ2n) is 5.24. The van der Waals surface area contributed by atoms with E-state index >= 15 is 0 Å². The first-order valence-electron chi connectivity index (χ1n) is 7.07. The Bertz CT molecular complexity index is 603. The van der Waals surface area contributed by atoms with E-state index in [4.69, 9.17) is 10.5 Å². The zero-order valence-electron chi connectivity index (χ0n) is 12.7. The summed E-state index contributed by atoms with van der Waals surface area (Å²) in [6.07, 6.45) is 0. The minimum absolute atomic E-state index is 0.217. The number of methoxy groups -OCH3 is 1. The molecule has 0 aliphatic carbocycles. The molecule has 0 aromatic heterocycles. The van der Waals surface area contributed by atoms with Crippen molar-refractivity contribution in [1.29, 1.82) is 0 Å². The van der Waals surface area contributed by atoms with Crippen LogP contribution in [0, 0.1) is 0 Å². The van der Waals surface area contributed by atoms with E-state index in [1.807, 2.05) is 6.92 Å². The number of nitrogen functional groups attached to an aromatic ring is 1. The van der Waals surface area contributed by atoms with Gasteiger partial charge in [-0.15, -0.1) is 0 Å². The summed E-state index contributed by atoms with van der Waals surface area (Å²) < 4.78 is 32.0. The van der Waals surface area contributed by atoms with Gasteiger partial charge in [-0.3, -0.25) is 4.90 Å². The number of hydrogen-bond acceptors (Lipinski definition) is 5. The zero-order valence-corrected chi connectivity index (χ0v) is 13.6. The molecule has 1 aromatic carbocycles. The molecule has 1 atom stereocenters. The van der Waals surface area contributed by atoms with E-state index in [2.05, 4.69) is 11.8 Å². The van der Waals surface area contributed by atoms with Crippen molar-refractivity contribution in [2.75, 3.05) is 39.0 Å². The molecule has 0 saturated carbocycles. The Hall–Kier alpha value is -1.31. The van der Waals surface area contributed by atoms with Crippen molar-refractivity contribution in [3.63, 3.8) is 0 Å². The number of ether oxygens (including phenoxy) is 1. The second-order valence-corrected chi connectivity index (χ2v) is 7.18. The Kier molecular flexibility index (Phi) is 4.75. The van der Waals surface area contributed by atoms with Crippen LogP contribution in [0.15, 0.2) is 23.1 Å². The number of piperazine rings is 1. The largest absolute Gasteiger partial charge is 0.495 e. The molecule has 1 aromatic rings. The van der Waals surface area contributed by atoms with Gasteiger partial charge in [-0.05, 0) is 31.7 Å². The number of benzene rings is 1. The Morgan fingerprint density at radius 2 is 2.10 bits per heavy atom. The van der Waals surface area contributed by atoms with Crippen molar-refractivity contribution in [3.05, 3.63) is 18.2 Å². The van der Waals surface area contributed by atoms with Crippen molar-refractivity contribution >= 4 is 15.7 Å². The predicted octanol–water partition coefficient (Wildman–Crippen LogP) is 0.992. The van der Waals surface area contributed by atoms with Crippen LogP contribution in [0.2, 0.25) is 0 Å². The highest BCUT2D eigenvalue weighted by Gasteiger charge is 2.31.